The number of pyridine rings is 1. The fourth-order valence-electron chi connectivity index (χ4n) is 2.05. The molecular weight excluding hydrogens is 240 g/mol. The van der Waals surface area contributed by atoms with Crippen molar-refractivity contribution in [2.45, 2.75) is 0 Å². The highest BCUT2D eigenvalue weighted by atomic mass is 16.2. The second-order valence-electron chi connectivity index (χ2n) is 4.17. The van der Waals surface area contributed by atoms with Gasteiger partial charge in [0.2, 0.25) is 0 Å². The first-order chi connectivity index (χ1) is 9.25. The van der Waals surface area contributed by atoms with Crippen LogP contribution in [0.15, 0.2) is 48.8 Å². The Bertz CT molecular complexity index is 690. The van der Waals surface area contributed by atoms with Gasteiger partial charge in [-0.15, -0.1) is 0 Å². The van der Waals surface area contributed by atoms with Crippen LogP contribution in [0.1, 0.15) is 21.5 Å². The number of fused-ring (bicyclic) bond motifs is 1. The summed E-state index contributed by atoms with van der Waals surface area (Å²) in [5.74, 6) is -0.729. The van der Waals surface area contributed by atoms with Gasteiger partial charge >= 0.3 is 0 Å². The number of rotatable bonds is 1. The van der Waals surface area contributed by atoms with Gasteiger partial charge in [-0.05, 0) is 35.4 Å². The van der Waals surface area contributed by atoms with E-state index in [1.165, 1.54) is 0 Å². The van der Waals surface area contributed by atoms with E-state index in [0.717, 1.165) is 5.56 Å². The van der Waals surface area contributed by atoms with Gasteiger partial charge in [0.15, 0.2) is 0 Å². The molecule has 2 heterocycles. The molecule has 1 aromatic carbocycles. The van der Waals surface area contributed by atoms with Gasteiger partial charge in [-0.1, -0.05) is 18.2 Å². The zero-order valence-corrected chi connectivity index (χ0v) is 9.96. The van der Waals surface area contributed by atoms with Crippen molar-refractivity contribution >= 4 is 23.5 Å². The number of hydrogen-bond donors (Lipinski definition) is 1. The zero-order valence-electron chi connectivity index (χ0n) is 9.96. The standard InChI is InChI=1S/C15H10N2O2/c18-14-12-4-2-1-3-11(12)13(15(19)17-14)9-10-5-7-16-8-6-10/h1-9H,(H,17,18,19). The van der Waals surface area contributed by atoms with E-state index in [1.807, 2.05) is 6.07 Å². The van der Waals surface area contributed by atoms with Crippen LogP contribution in [0.4, 0.5) is 0 Å². The molecule has 0 saturated heterocycles. The van der Waals surface area contributed by atoms with Gasteiger partial charge in [-0.25, -0.2) is 0 Å². The molecule has 1 aliphatic rings. The summed E-state index contributed by atoms with van der Waals surface area (Å²) >= 11 is 0. The van der Waals surface area contributed by atoms with Crippen LogP contribution in [0.25, 0.3) is 11.6 Å². The largest absolute Gasteiger partial charge is 0.288 e. The predicted octanol–water partition coefficient (Wildman–Crippen LogP) is 1.89. The third-order valence-corrected chi connectivity index (χ3v) is 2.95. The lowest BCUT2D eigenvalue weighted by Gasteiger charge is -2.17. The molecule has 3 rings (SSSR count). The van der Waals surface area contributed by atoms with E-state index in [1.54, 1.807) is 48.8 Å². The van der Waals surface area contributed by atoms with Crippen LogP contribution < -0.4 is 5.32 Å². The van der Waals surface area contributed by atoms with Crippen molar-refractivity contribution in [3.05, 3.63) is 65.5 Å². The lowest BCUT2D eigenvalue weighted by Crippen LogP contribution is -2.36. The number of carbonyl (C=O) groups excluding carboxylic acids is 2. The molecule has 92 valence electrons. The monoisotopic (exact) mass is 250 g/mol. The Balaban J connectivity index is 2.16. The van der Waals surface area contributed by atoms with Crippen LogP contribution in [0, 0.1) is 0 Å². The van der Waals surface area contributed by atoms with E-state index in [0.29, 0.717) is 16.7 Å². The van der Waals surface area contributed by atoms with E-state index >= 15 is 0 Å². The maximum Gasteiger partial charge on any atom is 0.258 e. The Morgan fingerprint density at radius 1 is 0.895 bits per heavy atom. The van der Waals surface area contributed by atoms with Gasteiger partial charge in [-0.2, -0.15) is 0 Å². The van der Waals surface area contributed by atoms with Crippen molar-refractivity contribution in [1.82, 2.24) is 10.3 Å². The first kappa shape index (κ1) is 11.3. The summed E-state index contributed by atoms with van der Waals surface area (Å²) in [6, 6.07) is 10.7. The Kier molecular flexibility index (Phi) is 2.68. The summed E-state index contributed by atoms with van der Waals surface area (Å²) in [5, 5.41) is 2.34. The predicted molar refractivity (Wildman–Crippen MR) is 71.0 cm³/mol. The third kappa shape index (κ3) is 2.04. The second-order valence-corrected chi connectivity index (χ2v) is 4.17. The highest BCUT2D eigenvalue weighted by molar-refractivity contribution is 6.33. The highest BCUT2D eigenvalue weighted by Crippen LogP contribution is 2.25. The number of carbonyl (C=O) groups is 2. The molecular formula is C15H10N2O2. The second kappa shape index (κ2) is 4.49. The van der Waals surface area contributed by atoms with E-state index in [4.69, 9.17) is 0 Å². The van der Waals surface area contributed by atoms with E-state index in [-0.39, 0.29) is 11.8 Å². The minimum absolute atomic E-state index is 0.354. The van der Waals surface area contributed by atoms with Crippen LogP contribution in [0.3, 0.4) is 0 Å². The minimum atomic E-state index is -0.375. The lowest BCUT2D eigenvalue weighted by molar-refractivity contribution is -0.114. The number of amides is 2. The molecule has 0 atom stereocenters. The normalized spacial score (nSPS) is 16.1. The zero-order chi connectivity index (χ0) is 13.2. The van der Waals surface area contributed by atoms with E-state index < -0.39 is 0 Å². The summed E-state index contributed by atoms with van der Waals surface area (Å²) in [4.78, 5) is 27.6. The Morgan fingerprint density at radius 3 is 2.32 bits per heavy atom. The van der Waals surface area contributed by atoms with Crippen LogP contribution in [0.2, 0.25) is 0 Å². The highest BCUT2D eigenvalue weighted by Gasteiger charge is 2.26. The van der Waals surface area contributed by atoms with Crippen molar-refractivity contribution < 1.29 is 9.59 Å². The molecule has 1 N–H and O–H groups in total. The average Bonchev–Trinajstić information content (AvgIpc) is 2.45. The molecule has 0 unspecified atom stereocenters. The summed E-state index contributed by atoms with van der Waals surface area (Å²) < 4.78 is 0. The van der Waals surface area contributed by atoms with Gasteiger partial charge in [0.25, 0.3) is 11.8 Å². The molecule has 19 heavy (non-hydrogen) atoms. The summed E-state index contributed by atoms with van der Waals surface area (Å²) in [6.07, 6.45) is 5.07. The fourth-order valence-corrected chi connectivity index (χ4v) is 2.05. The first-order valence-electron chi connectivity index (χ1n) is 5.82. The fraction of sp³-hybridized carbons (Fsp3) is 0. The molecule has 0 fully saturated rings. The molecule has 0 spiro atoms. The van der Waals surface area contributed by atoms with Crippen molar-refractivity contribution in [1.29, 1.82) is 0 Å². The maximum atomic E-state index is 12.0. The number of nitrogens with zero attached hydrogens (tertiary/aromatic N) is 1. The molecule has 0 aliphatic carbocycles. The molecule has 2 amide bonds. The smallest absolute Gasteiger partial charge is 0.258 e. The minimum Gasteiger partial charge on any atom is -0.288 e. The molecule has 1 aromatic heterocycles. The molecule has 1 aliphatic heterocycles. The molecule has 0 bridgehead atoms. The molecule has 4 nitrogen and oxygen atoms in total. The third-order valence-electron chi connectivity index (χ3n) is 2.95. The molecule has 0 radical (unpaired) electrons. The number of hydrogen-bond acceptors (Lipinski definition) is 3. The maximum absolute atomic E-state index is 12.0. The Morgan fingerprint density at radius 2 is 1.58 bits per heavy atom. The quantitative estimate of drug-likeness (QED) is 0.621. The van der Waals surface area contributed by atoms with Gasteiger partial charge in [0, 0.05) is 23.5 Å². The topological polar surface area (TPSA) is 59.1 Å². The lowest BCUT2D eigenvalue weighted by atomic mass is 9.93. The average molecular weight is 250 g/mol. The number of imide groups is 1. The summed E-state index contributed by atoms with van der Waals surface area (Å²) in [7, 11) is 0. The van der Waals surface area contributed by atoms with Crippen LogP contribution in [-0.2, 0) is 4.79 Å². The van der Waals surface area contributed by atoms with Gasteiger partial charge in [0.1, 0.15) is 0 Å². The van der Waals surface area contributed by atoms with Gasteiger partial charge < -0.3 is 0 Å². The number of aromatic nitrogens is 1. The Labute approximate surface area is 109 Å². The van der Waals surface area contributed by atoms with Gasteiger partial charge in [-0.3, -0.25) is 19.9 Å². The van der Waals surface area contributed by atoms with Crippen molar-refractivity contribution in [3.8, 4) is 0 Å². The van der Waals surface area contributed by atoms with Crippen LogP contribution >= 0.6 is 0 Å². The molecule has 0 saturated carbocycles. The number of benzene rings is 1. The SMILES string of the molecule is O=C1NC(=O)c2ccccc2C1=Cc1ccncc1. The summed E-state index contributed by atoms with van der Waals surface area (Å²) in [6.45, 7) is 0. The molecule has 2 aromatic rings. The van der Waals surface area contributed by atoms with Crippen molar-refractivity contribution in [2.24, 2.45) is 0 Å². The van der Waals surface area contributed by atoms with Crippen molar-refractivity contribution in [2.75, 3.05) is 0 Å². The van der Waals surface area contributed by atoms with Crippen LogP contribution in [-0.4, -0.2) is 16.8 Å². The first-order valence-corrected chi connectivity index (χ1v) is 5.82. The Hall–Kier alpha value is -2.75. The van der Waals surface area contributed by atoms with Gasteiger partial charge in [0.05, 0.1) is 0 Å². The van der Waals surface area contributed by atoms with E-state index in [9.17, 15) is 9.59 Å². The summed E-state index contributed by atoms with van der Waals surface area (Å²) in [5.41, 5.74) is 2.53. The van der Waals surface area contributed by atoms with Crippen molar-refractivity contribution in [3.63, 3.8) is 0 Å². The molecule has 4 heteroatoms. The van der Waals surface area contributed by atoms with E-state index in [2.05, 4.69) is 10.3 Å². The number of nitrogens with one attached hydrogen (secondary N) is 1. The van der Waals surface area contributed by atoms with Crippen LogP contribution in [0.5, 0.6) is 0 Å².